The summed E-state index contributed by atoms with van der Waals surface area (Å²) in [6.07, 6.45) is 82.0. The summed E-state index contributed by atoms with van der Waals surface area (Å²) < 4.78 is 16.9. The third kappa shape index (κ3) is 61.6. The van der Waals surface area contributed by atoms with Gasteiger partial charge in [-0.1, -0.05) is 273 Å². The fourth-order valence-corrected chi connectivity index (χ4v) is 9.25. The van der Waals surface area contributed by atoms with Crippen molar-refractivity contribution in [2.45, 2.75) is 335 Å². The van der Waals surface area contributed by atoms with Gasteiger partial charge >= 0.3 is 17.9 Å². The molecule has 6 heteroatoms. The van der Waals surface area contributed by atoms with E-state index in [9.17, 15) is 14.4 Å². The Balaban J connectivity index is 4.30. The zero-order chi connectivity index (χ0) is 54.3. The van der Waals surface area contributed by atoms with Crippen LogP contribution in [0, 0.1) is 0 Å². The lowest BCUT2D eigenvalue weighted by molar-refractivity contribution is -0.167. The SMILES string of the molecule is CCC/C=C\C/C=C\CCCCCCCC(=O)OCC(COC(=O)CCCCCCCCCCCCCCC/C=C\CCCCCCCCCC)OC(=O)CCCCCCCC/C=C\C/C=C\C/C=C\CCCCC. The highest BCUT2D eigenvalue weighted by atomic mass is 16.6. The Morgan fingerprint density at radius 3 is 0.840 bits per heavy atom. The van der Waals surface area contributed by atoms with Gasteiger partial charge in [0, 0.05) is 19.3 Å². The number of esters is 3. The molecule has 0 radical (unpaired) electrons. The number of carbonyl (C=O) groups is 3. The van der Waals surface area contributed by atoms with Crippen LogP contribution < -0.4 is 0 Å². The van der Waals surface area contributed by atoms with E-state index in [0.29, 0.717) is 19.3 Å². The van der Waals surface area contributed by atoms with E-state index in [4.69, 9.17) is 14.2 Å². The van der Waals surface area contributed by atoms with Gasteiger partial charge in [0.15, 0.2) is 6.10 Å². The molecule has 0 aliphatic heterocycles. The summed E-state index contributed by atoms with van der Waals surface area (Å²) in [5, 5.41) is 0. The zero-order valence-corrected chi connectivity index (χ0v) is 49.8. The van der Waals surface area contributed by atoms with Crippen molar-refractivity contribution in [2.24, 2.45) is 0 Å². The van der Waals surface area contributed by atoms with Crippen LogP contribution in [-0.4, -0.2) is 37.2 Å². The van der Waals surface area contributed by atoms with Crippen LogP contribution in [0.25, 0.3) is 0 Å². The first kappa shape index (κ1) is 71.8. The molecule has 1 atom stereocenters. The van der Waals surface area contributed by atoms with Gasteiger partial charge in [-0.3, -0.25) is 14.4 Å². The van der Waals surface area contributed by atoms with E-state index >= 15 is 0 Å². The first-order chi connectivity index (χ1) is 37.0. The molecule has 0 N–H and O–H groups in total. The summed E-state index contributed by atoms with van der Waals surface area (Å²) in [5.74, 6) is -0.898. The maximum absolute atomic E-state index is 12.9. The van der Waals surface area contributed by atoms with Crippen molar-refractivity contribution < 1.29 is 28.6 Å². The minimum atomic E-state index is -0.789. The van der Waals surface area contributed by atoms with Crippen molar-refractivity contribution in [1.29, 1.82) is 0 Å². The Morgan fingerprint density at radius 1 is 0.267 bits per heavy atom. The molecule has 0 amide bonds. The minimum Gasteiger partial charge on any atom is -0.462 e. The van der Waals surface area contributed by atoms with Crippen LogP contribution in [0.15, 0.2) is 72.9 Å². The molecule has 0 aromatic rings. The number of hydrogen-bond donors (Lipinski definition) is 0. The molecule has 0 spiro atoms. The molecule has 434 valence electrons. The Kier molecular flexibility index (Phi) is 60.7. The number of allylic oxidation sites excluding steroid dienone is 12. The smallest absolute Gasteiger partial charge is 0.306 e. The van der Waals surface area contributed by atoms with Crippen LogP contribution >= 0.6 is 0 Å². The monoisotopic (exact) mass is 1050 g/mol. The second kappa shape index (κ2) is 63.4. The van der Waals surface area contributed by atoms with Crippen molar-refractivity contribution in [3.63, 3.8) is 0 Å². The molecule has 75 heavy (non-hydrogen) atoms. The highest BCUT2D eigenvalue weighted by Gasteiger charge is 2.19. The lowest BCUT2D eigenvalue weighted by Crippen LogP contribution is -2.30. The van der Waals surface area contributed by atoms with Gasteiger partial charge in [0.05, 0.1) is 0 Å². The van der Waals surface area contributed by atoms with Crippen LogP contribution in [0.3, 0.4) is 0 Å². The van der Waals surface area contributed by atoms with Crippen molar-refractivity contribution in [1.82, 2.24) is 0 Å². The summed E-state index contributed by atoms with van der Waals surface area (Å²) in [5.41, 5.74) is 0. The number of ether oxygens (including phenoxy) is 3. The fraction of sp³-hybridized carbons (Fsp3) is 0.783. The largest absolute Gasteiger partial charge is 0.462 e. The Bertz CT molecular complexity index is 1390. The summed E-state index contributed by atoms with van der Waals surface area (Å²) in [7, 11) is 0. The van der Waals surface area contributed by atoms with E-state index < -0.39 is 6.10 Å². The van der Waals surface area contributed by atoms with Crippen LogP contribution in [0.4, 0.5) is 0 Å². The molecule has 0 aromatic carbocycles. The van der Waals surface area contributed by atoms with Gasteiger partial charge in [0.25, 0.3) is 0 Å². The first-order valence-electron chi connectivity index (χ1n) is 32.4. The zero-order valence-electron chi connectivity index (χ0n) is 49.8. The van der Waals surface area contributed by atoms with Crippen molar-refractivity contribution in [3.8, 4) is 0 Å². The number of unbranched alkanes of at least 4 members (excludes halogenated alkanes) is 36. The fourth-order valence-electron chi connectivity index (χ4n) is 9.25. The van der Waals surface area contributed by atoms with Gasteiger partial charge < -0.3 is 14.2 Å². The van der Waals surface area contributed by atoms with Gasteiger partial charge in [-0.05, 0) is 109 Å². The molecule has 0 rings (SSSR count). The van der Waals surface area contributed by atoms with Crippen molar-refractivity contribution in [3.05, 3.63) is 72.9 Å². The molecule has 0 saturated heterocycles. The normalized spacial score (nSPS) is 12.5. The topological polar surface area (TPSA) is 78.9 Å². The third-order valence-electron chi connectivity index (χ3n) is 14.1. The van der Waals surface area contributed by atoms with E-state index in [1.165, 1.54) is 173 Å². The molecule has 0 bridgehead atoms. The Hall–Kier alpha value is -3.15. The lowest BCUT2D eigenvalue weighted by atomic mass is 10.0. The lowest BCUT2D eigenvalue weighted by Gasteiger charge is -2.18. The highest BCUT2D eigenvalue weighted by Crippen LogP contribution is 2.16. The second-order valence-corrected chi connectivity index (χ2v) is 21.7. The molecule has 0 saturated carbocycles. The minimum absolute atomic E-state index is 0.0839. The number of hydrogen-bond acceptors (Lipinski definition) is 6. The molecule has 0 aliphatic carbocycles. The van der Waals surface area contributed by atoms with Crippen molar-refractivity contribution in [2.75, 3.05) is 13.2 Å². The molecule has 1 unspecified atom stereocenters. The standard InChI is InChI=1S/C69H122O6/c1-4-7-10-13-16-19-22-25-27-29-31-32-33-34-35-36-38-39-41-44-47-50-53-56-59-62-68(71)74-65-66(64-73-67(70)61-58-55-52-49-46-43-24-21-18-15-12-9-6-3)75-69(72)63-60-57-54-51-48-45-42-40-37-30-28-26-23-20-17-14-11-8-5-2/h12,15,17,20-21,24,26,28-29,31,37,40,66H,4-11,13-14,16,18-19,22-23,25,27,30,32-36,38-39,41-65H2,1-3H3/b15-12-,20-17-,24-21-,28-26-,31-29-,40-37-. The Labute approximate surface area is 465 Å². The third-order valence-corrected chi connectivity index (χ3v) is 14.1. The summed E-state index contributed by atoms with van der Waals surface area (Å²) in [6.45, 7) is 6.56. The quantitative estimate of drug-likeness (QED) is 0.0261. The van der Waals surface area contributed by atoms with E-state index in [1.54, 1.807) is 0 Å². The predicted octanol–water partition coefficient (Wildman–Crippen LogP) is 22.1. The summed E-state index contributed by atoms with van der Waals surface area (Å²) in [6, 6.07) is 0. The van der Waals surface area contributed by atoms with Crippen LogP contribution in [-0.2, 0) is 28.6 Å². The van der Waals surface area contributed by atoms with Crippen LogP contribution in [0.5, 0.6) is 0 Å². The van der Waals surface area contributed by atoms with Crippen LogP contribution in [0.1, 0.15) is 329 Å². The second-order valence-electron chi connectivity index (χ2n) is 21.7. The maximum atomic E-state index is 12.9. The van der Waals surface area contributed by atoms with Crippen LogP contribution in [0.2, 0.25) is 0 Å². The van der Waals surface area contributed by atoms with E-state index in [-0.39, 0.29) is 31.1 Å². The molecule has 0 aromatic heterocycles. The highest BCUT2D eigenvalue weighted by molar-refractivity contribution is 5.71. The first-order valence-corrected chi connectivity index (χ1v) is 32.4. The van der Waals surface area contributed by atoms with Gasteiger partial charge in [-0.2, -0.15) is 0 Å². The molecule has 0 fully saturated rings. The van der Waals surface area contributed by atoms with E-state index in [0.717, 1.165) is 116 Å². The van der Waals surface area contributed by atoms with E-state index in [2.05, 4.69) is 93.7 Å². The molecular formula is C69H122O6. The number of rotatable bonds is 59. The molecule has 0 heterocycles. The summed E-state index contributed by atoms with van der Waals surface area (Å²) >= 11 is 0. The van der Waals surface area contributed by atoms with Gasteiger partial charge in [-0.15, -0.1) is 0 Å². The average molecular weight is 1050 g/mol. The van der Waals surface area contributed by atoms with Crippen molar-refractivity contribution >= 4 is 17.9 Å². The van der Waals surface area contributed by atoms with E-state index in [1.807, 2.05) is 0 Å². The maximum Gasteiger partial charge on any atom is 0.306 e. The average Bonchev–Trinajstić information content (AvgIpc) is 3.41. The molecule has 0 aliphatic rings. The Morgan fingerprint density at radius 2 is 0.507 bits per heavy atom. The van der Waals surface area contributed by atoms with Gasteiger partial charge in [0.1, 0.15) is 13.2 Å². The predicted molar refractivity (Wildman–Crippen MR) is 325 cm³/mol. The molecule has 6 nitrogen and oxygen atoms in total. The number of carbonyl (C=O) groups excluding carboxylic acids is 3. The van der Waals surface area contributed by atoms with Gasteiger partial charge in [-0.25, -0.2) is 0 Å². The van der Waals surface area contributed by atoms with Gasteiger partial charge in [0.2, 0.25) is 0 Å². The summed E-state index contributed by atoms with van der Waals surface area (Å²) in [4.78, 5) is 38.3. The molecular weight excluding hydrogens is 925 g/mol.